The van der Waals surface area contributed by atoms with E-state index >= 15 is 0 Å². The van der Waals surface area contributed by atoms with E-state index in [4.69, 9.17) is 9.47 Å². The SMILES string of the molecule is CC(C)C(=O)N1CCOC(c2cc(CCOc3ccc(C(C)C)cc3)[nH]n2)C1. The molecule has 1 aliphatic rings. The number of nitrogens with one attached hydrogen (secondary N) is 1. The molecule has 1 N–H and O–H groups in total. The summed E-state index contributed by atoms with van der Waals surface area (Å²) in [6.45, 7) is 10.5. The van der Waals surface area contributed by atoms with Gasteiger partial charge >= 0.3 is 0 Å². The highest BCUT2D eigenvalue weighted by Crippen LogP contribution is 2.23. The van der Waals surface area contributed by atoms with Gasteiger partial charge in [-0.1, -0.05) is 39.8 Å². The standard InChI is InChI=1S/C22H31N3O3/c1-15(2)17-5-7-19(8-6-17)27-11-9-18-13-20(24-23-18)21-14-25(10-12-28-21)22(26)16(3)4/h5-8,13,15-16,21H,9-12,14H2,1-4H3,(H,23,24). The molecule has 1 atom stereocenters. The first-order chi connectivity index (χ1) is 13.4. The van der Waals surface area contributed by atoms with Crippen LogP contribution in [0, 0.1) is 5.92 Å². The molecule has 152 valence electrons. The van der Waals surface area contributed by atoms with E-state index in [0.29, 0.717) is 32.2 Å². The molecule has 28 heavy (non-hydrogen) atoms. The van der Waals surface area contributed by atoms with E-state index in [9.17, 15) is 4.79 Å². The number of morpholine rings is 1. The molecule has 0 radical (unpaired) electrons. The third-order valence-corrected chi connectivity index (χ3v) is 5.04. The Kier molecular flexibility index (Phi) is 6.73. The zero-order valence-corrected chi connectivity index (χ0v) is 17.3. The van der Waals surface area contributed by atoms with Gasteiger partial charge in [-0.3, -0.25) is 9.89 Å². The minimum atomic E-state index is -0.175. The van der Waals surface area contributed by atoms with Crippen LogP contribution in [0.2, 0.25) is 0 Å². The molecule has 1 unspecified atom stereocenters. The fraction of sp³-hybridized carbons (Fsp3) is 0.545. The lowest BCUT2D eigenvalue weighted by Gasteiger charge is -2.33. The van der Waals surface area contributed by atoms with Crippen molar-refractivity contribution in [3.05, 3.63) is 47.3 Å². The number of H-pyrrole nitrogens is 1. The Bertz CT molecular complexity index is 768. The first-order valence-electron chi connectivity index (χ1n) is 10.1. The van der Waals surface area contributed by atoms with Crippen LogP contribution in [0.5, 0.6) is 5.75 Å². The highest BCUT2D eigenvalue weighted by atomic mass is 16.5. The Labute approximate surface area is 167 Å². The third-order valence-electron chi connectivity index (χ3n) is 5.04. The molecule has 1 aliphatic heterocycles. The summed E-state index contributed by atoms with van der Waals surface area (Å²) in [7, 11) is 0. The monoisotopic (exact) mass is 385 g/mol. The zero-order chi connectivity index (χ0) is 20.1. The van der Waals surface area contributed by atoms with Gasteiger partial charge in [0.1, 0.15) is 11.9 Å². The fourth-order valence-electron chi connectivity index (χ4n) is 3.29. The van der Waals surface area contributed by atoms with Gasteiger partial charge in [-0.2, -0.15) is 5.10 Å². The summed E-state index contributed by atoms with van der Waals surface area (Å²) in [5.74, 6) is 1.56. The average Bonchev–Trinajstić information content (AvgIpc) is 3.17. The van der Waals surface area contributed by atoms with Gasteiger partial charge in [0.15, 0.2) is 0 Å². The first kappa shape index (κ1) is 20.4. The first-order valence-corrected chi connectivity index (χ1v) is 10.1. The highest BCUT2D eigenvalue weighted by molar-refractivity contribution is 5.78. The molecule has 1 aromatic carbocycles. The number of nitrogens with zero attached hydrogens (tertiary/aromatic N) is 2. The average molecular weight is 386 g/mol. The van der Waals surface area contributed by atoms with Gasteiger partial charge in [-0.25, -0.2) is 0 Å². The van der Waals surface area contributed by atoms with Crippen LogP contribution in [0.25, 0.3) is 0 Å². The second-order valence-corrected chi connectivity index (χ2v) is 7.94. The van der Waals surface area contributed by atoms with Crippen molar-refractivity contribution in [1.82, 2.24) is 15.1 Å². The summed E-state index contributed by atoms with van der Waals surface area (Å²) in [6.07, 6.45) is 0.561. The van der Waals surface area contributed by atoms with Gasteiger partial charge in [0, 0.05) is 24.6 Å². The lowest BCUT2D eigenvalue weighted by molar-refractivity contribution is -0.142. The zero-order valence-electron chi connectivity index (χ0n) is 17.3. The van der Waals surface area contributed by atoms with E-state index in [0.717, 1.165) is 23.6 Å². The number of aromatic amines is 1. The predicted octanol–water partition coefficient (Wildman–Crippen LogP) is 3.71. The van der Waals surface area contributed by atoms with Gasteiger partial charge in [0.25, 0.3) is 0 Å². The molecule has 0 bridgehead atoms. The summed E-state index contributed by atoms with van der Waals surface area (Å²) >= 11 is 0. The number of hydrogen-bond donors (Lipinski definition) is 1. The lowest BCUT2D eigenvalue weighted by atomic mass is 10.0. The molecule has 3 rings (SSSR count). The number of carbonyl (C=O) groups excluding carboxylic acids is 1. The Morgan fingerprint density at radius 1 is 1.29 bits per heavy atom. The molecule has 1 amide bonds. The van der Waals surface area contributed by atoms with Gasteiger partial charge in [0.05, 0.1) is 25.5 Å². The van der Waals surface area contributed by atoms with Crippen LogP contribution in [-0.2, 0) is 16.0 Å². The van der Waals surface area contributed by atoms with Crippen LogP contribution >= 0.6 is 0 Å². The van der Waals surface area contributed by atoms with Gasteiger partial charge in [-0.05, 0) is 29.7 Å². The molecule has 1 fully saturated rings. The number of rotatable bonds is 7. The van der Waals surface area contributed by atoms with Crippen molar-refractivity contribution >= 4 is 5.91 Å². The maximum absolute atomic E-state index is 12.2. The van der Waals surface area contributed by atoms with Gasteiger partial charge < -0.3 is 14.4 Å². The van der Waals surface area contributed by atoms with Crippen molar-refractivity contribution in [2.45, 2.75) is 46.1 Å². The van der Waals surface area contributed by atoms with Crippen molar-refractivity contribution in [2.75, 3.05) is 26.3 Å². The summed E-state index contributed by atoms with van der Waals surface area (Å²) in [5.41, 5.74) is 3.16. The van der Waals surface area contributed by atoms with E-state index in [1.807, 2.05) is 36.9 Å². The van der Waals surface area contributed by atoms with E-state index < -0.39 is 0 Å². The van der Waals surface area contributed by atoms with E-state index in [1.165, 1.54) is 5.56 Å². The third kappa shape index (κ3) is 5.13. The Morgan fingerprint density at radius 2 is 2.04 bits per heavy atom. The van der Waals surface area contributed by atoms with Gasteiger partial charge in [0.2, 0.25) is 5.91 Å². The molecule has 1 aromatic heterocycles. The Hall–Kier alpha value is -2.34. The topological polar surface area (TPSA) is 67.5 Å². The number of benzene rings is 1. The van der Waals surface area contributed by atoms with Crippen LogP contribution in [0.1, 0.15) is 56.7 Å². The van der Waals surface area contributed by atoms with Crippen molar-refractivity contribution in [3.8, 4) is 5.75 Å². The molecule has 2 heterocycles. The van der Waals surface area contributed by atoms with Gasteiger partial charge in [-0.15, -0.1) is 0 Å². The molecule has 1 saturated heterocycles. The summed E-state index contributed by atoms with van der Waals surface area (Å²) in [6, 6.07) is 10.3. The quantitative estimate of drug-likeness (QED) is 0.789. The summed E-state index contributed by atoms with van der Waals surface area (Å²) < 4.78 is 11.7. The molecule has 2 aromatic rings. The van der Waals surface area contributed by atoms with Crippen LogP contribution in [0.3, 0.4) is 0 Å². The van der Waals surface area contributed by atoms with Crippen LogP contribution in [0.15, 0.2) is 30.3 Å². The number of ether oxygens (including phenoxy) is 2. The van der Waals surface area contributed by atoms with Crippen LogP contribution in [-0.4, -0.2) is 47.3 Å². The molecule has 6 heteroatoms. The van der Waals surface area contributed by atoms with E-state index in [1.54, 1.807) is 0 Å². The van der Waals surface area contributed by atoms with Crippen molar-refractivity contribution in [1.29, 1.82) is 0 Å². The molecule has 0 aliphatic carbocycles. The molecular formula is C22H31N3O3. The normalized spacial score (nSPS) is 17.4. The number of aromatic nitrogens is 2. The van der Waals surface area contributed by atoms with E-state index in [-0.39, 0.29) is 17.9 Å². The Morgan fingerprint density at radius 3 is 2.71 bits per heavy atom. The highest BCUT2D eigenvalue weighted by Gasteiger charge is 2.28. The summed E-state index contributed by atoms with van der Waals surface area (Å²) in [4.78, 5) is 14.1. The van der Waals surface area contributed by atoms with Crippen molar-refractivity contribution in [2.24, 2.45) is 5.92 Å². The summed E-state index contributed by atoms with van der Waals surface area (Å²) in [5, 5.41) is 7.46. The second-order valence-electron chi connectivity index (χ2n) is 7.94. The lowest BCUT2D eigenvalue weighted by Crippen LogP contribution is -2.44. The maximum Gasteiger partial charge on any atom is 0.225 e. The fourth-order valence-corrected chi connectivity index (χ4v) is 3.29. The second kappa shape index (κ2) is 9.24. The number of amides is 1. The molecule has 0 saturated carbocycles. The van der Waals surface area contributed by atoms with Crippen molar-refractivity contribution < 1.29 is 14.3 Å². The van der Waals surface area contributed by atoms with Crippen LogP contribution < -0.4 is 4.74 Å². The minimum Gasteiger partial charge on any atom is -0.493 e. The smallest absolute Gasteiger partial charge is 0.225 e. The van der Waals surface area contributed by atoms with E-state index in [2.05, 4.69) is 36.2 Å². The largest absolute Gasteiger partial charge is 0.493 e. The number of hydrogen-bond acceptors (Lipinski definition) is 4. The molecule has 0 spiro atoms. The molecule has 6 nitrogen and oxygen atoms in total. The Balaban J connectivity index is 1.50. The number of carbonyl (C=O) groups is 1. The van der Waals surface area contributed by atoms with Crippen LogP contribution in [0.4, 0.5) is 0 Å². The minimum absolute atomic E-state index is 0.000229. The maximum atomic E-state index is 12.2. The van der Waals surface area contributed by atoms with Crippen molar-refractivity contribution in [3.63, 3.8) is 0 Å². The molecular weight excluding hydrogens is 354 g/mol. The predicted molar refractivity (Wildman–Crippen MR) is 108 cm³/mol.